The Morgan fingerprint density at radius 1 is 1.26 bits per heavy atom. The van der Waals surface area contributed by atoms with Gasteiger partial charge < -0.3 is 4.52 Å². The van der Waals surface area contributed by atoms with E-state index in [1.165, 1.54) is 18.4 Å². The van der Waals surface area contributed by atoms with Crippen LogP contribution in [0.4, 0.5) is 0 Å². The van der Waals surface area contributed by atoms with Gasteiger partial charge in [0.25, 0.3) is 0 Å². The van der Waals surface area contributed by atoms with Crippen molar-refractivity contribution < 1.29 is 4.52 Å². The summed E-state index contributed by atoms with van der Waals surface area (Å²) in [5.41, 5.74) is 1.34. The van der Waals surface area contributed by atoms with Gasteiger partial charge in [-0.3, -0.25) is 4.90 Å². The second-order valence-electron chi connectivity index (χ2n) is 5.15. The molecule has 1 saturated heterocycles. The second-order valence-corrected chi connectivity index (χ2v) is 5.15. The van der Waals surface area contributed by atoms with Gasteiger partial charge in [0.2, 0.25) is 5.89 Å². The molecule has 1 aliphatic rings. The third kappa shape index (κ3) is 2.84. The Morgan fingerprint density at radius 2 is 2.11 bits per heavy atom. The Hall–Kier alpha value is -1.68. The van der Waals surface area contributed by atoms with Crippen LogP contribution >= 0.6 is 0 Å². The summed E-state index contributed by atoms with van der Waals surface area (Å²) in [5, 5.41) is 3.92. The lowest BCUT2D eigenvalue weighted by Crippen LogP contribution is -2.33. The van der Waals surface area contributed by atoms with Crippen LogP contribution in [0.25, 0.3) is 0 Å². The fraction of sp³-hybridized carbons (Fsp3) is 0.467. The molecule has 4 nitrogen and oxygen atoms in total. The largest absolute Gasteiger partial charge is 0.338 e. The van der Waals surface area contributed by atoms with Gasteiger partial charge in [0, 0.05) is 6.54 Å². The number of hydrogen-bond acceptors (Lipinski definition) is 4. The third-order valence-electron chi connectivity index (χ3n) is 3.67. The lowest BCUT2D eigenvalue weighted by atomic mass is 10.0. The normalized spacial score (nSPS) is 20.6. The highest BCUT2D eigenvalue weighted by atomic mass is 16.5. The van der Waals surface area contributed by atoms with E-state index in [0.717, 1.165) is 31.2 Å². The quantitative estimate of drug-likeness (QED) is 0.847. The van der Waals surface area contributed by atoms with E-state index < -0.39 is 0 Å². The Kier molecular flexibility index (Phi) is 3.60. The summed E-state index contributed by atoms with van der Waals surface area (Å²) >= 11 is 0. The van der Waals surface area contributed by atoms with Crippen LogP contribution in [0.5, 0.6) is 0 Å². The molecule has 0 spiro atoms. The molecule has 1 aromatic carbocycles. The third-order valence-corrected chi connectivity index (χ3v) is 3.67. The second kappa shape index (κ2) is 5.53. The smallest absolute Gasteiger partial charge is 0.243 e. The number of rotatable bonds is 3. The molecule has 2 heterocycles. The van der Waals surface area contributed by atoms with Crippen molar-refractivity contribution in [2.24, 2.45) is 0 Å². The maximum absolute atomic E-state index is 5.37. The van der Waals surface area contributed by atoms with Crippen molar-refractivity contribution in [1.82, 2.24) is 15.0 Å². The summed E-state index contributed by atoms with van der Waals surface area (Å²) in [4.78, 5) is 6.86. The van der Waals surface area contributed by atoms with Gasteiger partial charge in [-0.1, -0.05) is 41.9 Å². The molecule has 2 aromatic rings. The van der Waals surface area contributed by atoms with Crippen LogP contribution in [0, 0.1) is 6.92 Å². The van der Waals surface area contributed by atoms with E-state index in [9.17, 15) is 0 Å². The Labute approximate surface area is 113 Å². The maximum Gasteiger partial charge on any atom is 0.243 e. The lowest BCUT2D eigenvalue weighted by molar-refractivity contribution is 0.111. The van der Waals surface area contributed by atoms with Crippen LogP contribution in [-0.2, 0) is 6.54 Å². The molecule has 0 aliphatic carbocycles. The summed E-state index contributed by atoms with van der Waals surface area (Å²) < 4.78 is 5.37. The van der Waals surface area contributed by atoms with Crippen molar-refractivity contribution >= 4 is 0 Å². The fourth-order valence-corrected chi connectivity index (χ4v) is 2.73. The van der Waals surface area contributed by atoms with Crippen molar-refractivity contribution in [3.8, 4) is 0 Å². The van der Waals surface area contributed by atoms with E-state index in [2.05, 4.69) is 45.4 Å². The number of piperidine rings is 1. The van der Waals surface area contributed by atoms with Gasteiger partial charge in [0.15, 0.2) is 5.82 Å². The standard InChI is InChI=1S/C15H19N3O/c1-12-16-15(19-17-12)14-9-5-6-10-18(14)11-13-7-3-2-4-8-13/h2-4,7-8,14H,5-6,9-11H2,1H3. The van der Waals surface area contributed by atoms with Crippen molar-refractivity contribution in [1.29, 1.82) is 0 Å². The van der Waals surface area contributed by atoms with Crippen LogP contribution in [0.3, 0.4) is 0 Å². The zero-order chi connectivity index (χ0) is 13.1. The zero-order valence-electron chi connectivity index (χ0n) is 11.2. The topological polar surface area (TPSA) is 42.2 Å². The van der Waals surface area contributed by atoms with Crippen LogP contribution in [0.2, 0.25) is 0 Å². The van der Waals surface area contributed by atoms with E-state index in [1.54, 1.807) is 0 Å². The van der Waals surface area contributed by atoms with Gasteiger partial charge in [-0.25, -0.2) is 0 Å². The molecule has 19 heavy (non-hydrogen) atoms. The number of likely N-dealkylation sites (tertiary alicyclic amines) is 1. The minimum Gasteiger partial charge on any atom is -0.338 e. The highest BCUT2D eigenvalue weighted by Crippen LogP contribution is 2.31. The maximum atomic E-state index is 5.37. The van der Waals surface area contributed by atoms with Crippen molar-refractivity contribution in [2.75, 3.05) is 6.54 Å². The number of nitrogens with zero attached hydrogens (tertiary/aromatic N) is 3. The van der Waals surface area contributed by atoms with Crippen LogP contribution in [-0.4, -0.2) is 21.6 Å². The fourth-order valence-electron chi connectivity index (χ4n) is 2.73. The molecular formula is C15H19N3O. The molecule has 0 amide bonds. The zero-order valence-corrected chi connectivity index (χ0v) is 11.2. The summed E-state index contributed by atoms with van der Waals surface area (Å²) in [6.45, 7) is 3.92. The summed E-state index contributed by atoms with van der Waals surface area (Å²) in [5.74, 6) is 1.49. The minimum absolute atomic E-state index is 0.273. The first-order valence-corrected chi connectivity index (χ1v) is 6.91. The van der Waals surface area contributed by atoms with Crippen molar-refractivity contribution in [2.45, 2.75) is 38.8 Å². The molecule has 3 rings (SSSR count). The van der Waals surface area contributed by atoms with Crippen LogP contribution in [0.15, 0.2) is 34.9 Å². The lowest BCUT2D eigenvalue weighted by Gasteiger charge is -2.33. The highest BCUT2D eigenvalue weighted by Gasteiger charge is 2.28. The predicted octanol–water partition coefficient (Wildman–Crippen LogP) is 3.11. The van der Waals surface area contributed by atoms with Gasteiger partial charge in [-0.05, 0) is 31.9 Å². The average Bonchev–Trinajstić information content (AvgIpc) is 2.87. The first-order valence-electron chi connectivity index (χ1n) is 6.91. The number of benzene rings is 1. The van der Waals surface area contributed by atoms with E-state index in [4.69, 9.17) is 4.52 Å². The molecule has 0 bridgehead atoms. The molecule has 1 aromatic heterocycles. The van der Waals surface area contributed by atoms with Gasteiger partial charge in [-0.15, -0.1) is 0 Å². The van der Waals surface area contributed by atoms with Gasteiger partial charge in [0.05, 0.1) is 6.04 Å². The first-order chi connectivity index (χ1) is 9.33. The monoisotopic (exact) mass is 257 g/mol. The molecule has 0 saturated carbocycles. The SMILES string of the molecule is Cc1noc(C2CCCCN2Cc2ccccc2)n1. The molecule has 1 atom stereocenters. The van der Waals surface area contributed by atoms with E-state index in [-0.39, 0.29) is 6.04 Å². The molecule has 4 heteroatoms. The van der Waals surface area contributed by atoms with Gasteiger partial charge in [-0.2, -0.15) is 4.98 Å². The summed E-state index contributed by atoms with van der Waals surface area (Å²) in [6, 6.07) is 10.8. The molecule has 100 valence electrons. The minimum atomic E-state index is 0.273. The molecule has 1 unspecified atom stereocenters. The number of aromatic nitrogens is 2. The van der Waals surface area contributed by atoms with Crippen LogP contribution < -0.4 is 0 Å². The van der Waals surface area contributed by atoms with Gasteiger partial charge >= 0.3 is 0 Å². The first kappa shape index (κ1) is 12.4. The Morgan fingerprint density at radius 3 is 2.84 bits per heavy atom. The summed E-state index contributed by atoms with van der Waals surface area (Å²) in [6.07, 6.45) is 3.59. The van der Waals surface area contributed by atoms with Crippen molar-refractivity contribution in [3.63, 3.8) is 0 Å². The molecule has 0 N–H and O–H groups in total. The number of hydrogen-bond donors (Lipinski definition) is 0. The van der Waals surface area contributed by atoms with E-state index in [1.807, 2.05) is 6.92 Å². The Balaban J connectivity index is 1.77. The van der Waals surface area contributed by atoms with E-state index >= 15 is 0 Å². The molecule has 0 radical (unpaired) electrons. The highest BCUT2D eigenvalue weighted by molar-refractivity contribution is 5.15. The molecule has 1 aliphatic heterocycles. The predicted molar refractivity (Wildman–Crippen MR) is 72.5 cm³/mol. The molecular weight excluding hydrogens is 238 g/mol. The average molecular weight is 257 g/mol. The molecule has 1 fully saturated rings. The van der Waals surface area contributed by atoms with Crippen LogP contribution in [0.1, 0.15) is 42.6 Å². The van der Waals surface area contributed by atoms with E-state index in [0.29, 0.717) is 0 Å². The van der Waals surface area contributed by atoms with Crippen molar-refractivity contribution in [3.05, 3.63) is 47.6 Å². The summed E-state index contributed by atoms with van der Waals surface area (Å²) in [7, 11) is 0. The number of aryl methyl sites for hydroxylation is 1. The van der Waals surface area contributed by atoms with Gasteiger partial charge in [0.1, 0.15) is 0 Å². The Bertz CT molecular complexity index is 523.